The minimum atomic E-state index is -0.356. The van der Waals surface area contributed by atoms with Crippen LogP contribution in [-0.4, -0.2) is 29.9 Å². The van der Waals surface area contributed by atoms with Gasteiger partial charge < -0.3 is 20.0 Å². The molecule has 3 rings (SSSR count). The highest BCUT2D eigenvalue weighted by molar-refractivity contribution is 6.34. The molecule has 1 aromatic heterocycles. The summed E-state index contributed by atoms with van der Waals surface area (Å²) in [5.41, 5.74) is 1.85. The van der Waals surface area contributed by atoms with E-state index in [9.17, 15) is 9.59 Å². The molecular weight excluding hydrogens is 366 g/mol. The molecule has 0 radical (unpaired) electrons. The second-order valence-electron chi connectivity index (χ2n) is 6.84. The second kappa shape index (κ2) is 8.95. The Balaban J connectivity index is 1.59. The van der Waals surface area contributed by atoms with E-state index in [0.29, 0.717) is 22.8 Å². The maximum absolute atomic E-state index is 12.8. The van der Waals surface area contributed by atoms with Gasteiger partial charge in [0.15, 0.2) is 0 Å². The summed E-state index contributed by atoms with van der Waals surface area (Å²) in [5, 5.41) is 5.77. The van der Waals surface area contributed by atoms with Crippen LogP contribution in [0.2, 0.25) is 5.02 Å². The van der Waals surface area contributed by atoms with Crippen LogP contribution in [-0.2, 0) is 6.54 Å². The first-order valence-corrected chi connectivity index (χ1v) is 9.55. The zero-order valence-corrected chi connectivity index (χ0v) is 16.1. The summed E-state index contributed by atoms with van der Waals surface area (Å²) >= 11 is 6.32. The van der Waals surface area contributed by atoms with E-state index in [-0.39, 0.29) is 18.0 Å². The lowest BCUT2D eigenvalue weighted by molar-refractivity contribution is 0.0696. The normalized spacial score (nSPS) is 14.6. The molecule has 2 aromatic rings. The highest BCUT2D eigenvalue weighted by Gasteiger charge is 2.24. The third kappa shape index (κ3) is 5.04. The molecular formula is C20H24ClN3O3. The van der Waals surface area contributed by atoms with Crippen molar-refractivity contribution in [1.29, 1.82) is 0 Å². The fourth-order valence-corrected chi connectivity index (χ4v) is 3.60. The molecule has 7 heteroatoms. The number of hydrogen-bond donors (Lipinski definition) is 2. The van der Waals surface area contributed by atoms with Gasteiger partial charge in [0.1, 0.15) is 0 Å². The summed E-state index contributed by atoms with van der Waals surface area (Å²) in [4.78, 5) is 26.5. The van der Waals surface area contributed by atoms with Gasteiger partial charge in [0, 0.05) is 30.9 Å². The Hall–Kier alpha value is -2.47. The maximum Gasteiger partial charge on any atom is 0.319 e. The van der Waals surface area contributed by atoms with Crippen LogP contribution in [0.3, 0.4) is 0 Å². The molecule has 1 aliphatic rings. The molecule has 1 saturated carbocycles. The van der Waals surface area contributed by atoms with E-state index in [2.05, 4.69) is 10.6 Å². The number of halogens is 1. The van der Waals surface area contributed by atoms with Crippen molar-refractivity contribution >= 4 is 29.2 Å². The summed E-state index contributed by atoms with van der Waals surface area (Å²) < 4.78 is 4.95. The van der Waals surface area contributed by atoms with Gasteiger partial charge in [-0.1, -0.05) is 30.9 Å². The number of rotatable bonds is 5. The number of anilines is 1. The first-order chi connectivity index (χ1) is 13.0. The van der Waals surface area contributed by atoms with Crippen LogP contribution in [0.15, 0.2) is 41.2 Å². The van der Waals surface area contributed by atoms with Gasteiger partial charge in [-0.25, -0.2) is 4.79 Å². The molecule has 3 amide bonds. The molecule has 0 unspecified atom stereocenters. The third-order valence-corrected chi connectivity index (χ3v) is 5.25. The molecule has 0 atom stereocenters. The Morgan fingerprint density at radius 2 is 2.00 bits per heavy atom. The van der Waals surface area contributed by atoms with Gasteiger partial charge in [0.25, 0.3) is 5.91 Å². The quantitative estimate of drug-likeness (QED) is 0.780. The van der Waals surface area contributed by atoms with Crippen LogP contribution in [0.4, 0.5) is 10.5 Å². The summed E-state index contributed by atoms with van der Waals surface area (Å²) in [5.74, 6) is -0.0807. The van der Waals surface area contributed by atoms with Crippen molar-refractivity contribution in [2.45, 2.75) is 44.7 Å². The van der Waals surface area contributed by atoms with E-state index in [1.165, 1.54) is 6.42 Å². The van der Waals surface area contributed by atoms with Crippen molar-refractivity contribution in [3.63, 3.8) is 0 Å². The van der Waals surface area contributed by atoms with Crippen molar-refractivity contribution in [3.05, 3.63) is 52.9 Å². The number of urea groups is 1. The van der Waals surface area contributed by atoms with Crippen molar-refractivity contribution in [2.24, 2.45) is 0 Å². The molecule has 27 heavy (non-hydrogen) atoms. The van der Waals surface area contributed by atoms with Crippen molar-refractivity contribution in [1.82, 2.24) is 10.2 Å². The van der Waals surface area contributed by atoms with Gasteiger partial charge in [-0.05, 0) is 37.1 Å². The molecule has 1 aliphatic carbocycles. The molecule has 1 fully saturated rings. The number of nitrogens with one attached hydrogen (secondary N) is 2. The lowest BCUT2D eigenvalue weighted by Gasteiger charge is -2.31. The minimum Gasteiger partial charge on any atom is -0.472 e. The molecule has 2 N–H and O–H groups in total. The van der Waals surface area contributed by atoms with E-state index < -0.39 is 0 Å². The fraction of sp³-hybridized carbons (Fsp3) is 0.400. The summed E-state index contributed by atoms with van der Waals surface area (Å²) in [6.07, 6.45) is 8.75. The number of benzene rings is 1. The lowest BCUT2D eigenvalue weighted by atomic mass is 9.94. The van der Waals surface area contributed by atoms with Gasteiger partial charge in [-0.15, -0.1) is 0 Å². The fourth-order valence-electron chi connectivity index (χ4n) is 3.34. The molecule has 1 aromatic carbocycles. The third-order valence-electron chi connectivity index (χ3n) is 4.93. The van der Waals surface area contributed by atoms with Crippen LogP contribution in [0.1, 0.15) is 48.0 Å². The summed E-state index contributed by atoms with van der Waals surface area (Å²) in [7, 11) is 1.84. The molecule has 0 bridgehead atoms. The van der Waals surface area contributed by atoms with Crippen LogP contribution in [0, 0.1) is 0 Å². The van der Waals surface area contributed by atoms with E-state index in [1.54, 1.807) is 41.7 Å². The van der Waals surface area contributed by atoms with E-state index >= 15 is 0 Å². The molecule has 0 aliphatic heterocycles. The lowest BCUT2D eigenvalue weighted by Crippen LogP contribution is -2.38. The largest absolute Gasteiger partial charge is 0.472 e. The number of carbonyl (C=O) groups excluding carboxylic acids is 2. The number of amides is 3. The molecule has 0 spiro atoms. The Labute approximate surface area is 163 Å². The van der Waals surface area contributed by atoms with E-state index in [4.69, 9.17) is 16.0 Å². The highest BCUT2D eigenvalue weighted by atomic mass is 35.5. The van der Waals surface area contributed by atoms with Crippen LogP contribution in [0.5, 0.6) is 0 Å². The number of hydrogen-bond acceptors (Lipinski definition) is 3. The zero-order chi connectivity index (χ0) is 19.2. The van der Waals surface area contributed by atoms with Crippen LogP contribution in [0.25, 0.3) is 0 Å². The van der Waals surface area contributed by atoms with Crippen molar-refractivity contribution in [3.8, 4) is 0 Å². The van der Waals surface area contributed by atoms with Gasteiger partial charge in [-0.3, -0.25) is 4.79 Å². The van der Waals surface area contributed by atoms with E-state index in [1.807, 2.05) is 7.05 Å². The molecule has 144 valence electrons. The van der Waals surface area contributed by atoms with Gasteiger partial charge in [0.05, 0.1) is 23.1 Å². The predicted molar refractivity (Wildman–Crippen MR) is 105 cm³/mol. The summed E-state index contributed by atoms with van der Waals surface area (Å²) in [6, 6.07) is 6.64. The second-order valence-corrected chi connectivity index (χ2v) is 7.25. The SMILES string of the molecule is CN(C(=O)c1ccc(NC(=O)NCc2ccoc2)cc1Cl)C1CCCCC1. The average molecular weight is 390 g/mol. The Morgan fingerprint density at radius 3 is 2.67 bits per heavy atom. The minimum absolute atomic E-state index is 0.0807. The van der Waals surface area contributed by atoms with Gasteiger partial charge in [-0.2, -0.15) is 0 Å². The topological polar surface area (TPSA) is 74.6 Å². The Kier molecular flexibility index (Phi) is 6.40. The number of furan rings is 1. The predicted octanol–water partition coefficient (Wildman–Crippen LogP) is 4.66. The van der Waals surface area contributed by atoms with Crippen LogP contribution >= 0.6 is 11.6 Å². The van der Waals surface area contributed by atoms with Crippen molar-refractivity contribution in [2.75, 3.05) is 12.4 Å². The Morgan fingerprint density at radius 1 is 1.22 bits per heavy atom. The van der Waals surface area contributed by atoms with Gasteiger partial charge >= 0.3 is 6.03 Å². The molecule has 6 nitrogen and oxygen atoms in total. The molecule has 1 heterocycles. The zero-order valence-electron chi connectivity index (χ0n) is 15.3. The number of nitrogens with zero attached hydrogens (tertiary/aromatic N) is 1. The highest BCUT2D eigenvalue weighted by Crippen LogP contribution is 2.26. The summed E-state index contributed by atoms with van der Waals surface area (Å²) in [6.45, 7) is 0.360. The Bertz CT molecular complexity index is 786. The van der Waals surface area contributed by atoms with Crippen LogP contribution < -0.4 is 10.6 Å². The first-order valence-electron chi connectivity index (χ1n) is 9.17. The molecule has 0 saturated heterocycles. The number of carbonyl (C=O) groups is 2. The van der Waals surface area contributed by atoms with E-state index in [0.717, 1.165) is 31.2 Å². The maximum atomic E-state index is 12.8. The standard InChI is InChI=1S/C20H24ClN3O3/c1-24(16-5-3-2-4-6-16)19(25)17-8-7-15(11-18(17)21)23-20(26)22-12-14-9-10-27-13-14/h7-11,13,16H,2-6,12H2,1H3,(H2,22,23,26). The monoisotopic (exact) mass is 389 g/mol. The average Bonchev–Trinajstić information content (AvgIpc) is 3.20. The van der Waals surface area contributed by atoms with Gasteiger partial charge in [0.2, 0.25) is 0 Å². The van der Waals surface area contributed by atoms with Crippen molar-refractivity contribution < 1.29 is 14.0 Å². The first kappa shape index (κ1) is 19.3. The smallest absolute Gasteiger partial charge is 0.319 e.